The van der Waals surface area contributed by atoms with Crippen LogP contribution in [0.1, 0.15) is 55.8 Å². The van der Waals surface area contributed by atoms with Crippen molar-refractivity contribution in [2.75, 3.05) is 6.61 Å². The van der Waals surface area contributed by atoms with Gasteiger partial charge in [-0.1, -0.05) is 37.1 Å². The third-order valence-corrected chi connectivity index (χ3v) is 4.92. The number of amides is 1. The molecular formula is C18H23NO4. The zero-order valence-electron chi connectivity index (χ0n) is 13.2. The van der Waals surface area contributed by atoms with Gasteiger partial charge in [-0.3, -0.25) is 9.59 Å². The monoisotopic (exact) mass is 317 g/mol. The number of rotatable bonds is 5. The second kappa shape index (κ2) is 6.71. The van der Waals surface area contributed by atoms with E-state index in [1.54, 1.807) is 0 Å². The molecule has 23 heavy (non-hydrogen) atoms. The molecule has 0 spiro atoms. The minimum Gasteiger partial charge on any atom is -0.481 e. The van der Waals surface area contributed by atoms with Gasteiger partial charge in [0.2, 0.25) is 5.91 Å². The van der Waals surface area contributed by atoms with Crippen molar-refractivity contribution in [3.05, 3.63) is 35.4 Å². The Hall–Kier alpha value is -1.88. The van der Waals surface area contributed by atoms with E-state index >= 15 is 0 Å². The number of carbonyl (C=O) groups excluding carboxylic acids is 1. The maximum atomic E-state index is 12.5. The van der Waals surface area contributed by atoms with Crippen LogP contribution in [0, 0.1) is 0 Å². The summed E-state index contributed by atoms with van der Waals surface area (Å²) in [7, 11) is 0. The second-order valence-corrected chi connectivity index (χ2v) is 6.62. The van der Waals surface area contributed by atoms with Crippen LogP contribution in [0.15, 0.2) is 24.3 Å². The van der Waals surface area contributed by atoms with Gasteiger partial charge in [0.05, 0.1) is 31.1 Å². The topological polar surface area (TPSA) is 75.6 Å². The van der Waals surface area contributed by atoms with Crippen molar-refractivity contribution < 1.29 is 19.4 Å². The molecule has 1 aliphatic carbocycles. The molecule has 1 amide bonds. The molecule has 2 aliphatic rings. The number of nitrogens with one attached hydrogen (secondary N) is 1. The van der Waals surface area contributed by atoms with Crippen molar-refractivity contribution in [2.24, 2.45) is 0 Å². The van der Waals surface area contributed by atoms with Crippen molar-refractivity contribution in [1.82, 2.24) is 5.32 Å². The van der Waals surface area contributed by atoms with E-state index in [2.05, 4.69) is 11.4 Å². The summed E-state index contributed by atoms with van der Waals surface area (Å²) in [5.41, 5.74) is 1.74. The number of ether oxygens (including phenoxy) is 1. The molecule has 3 rings (SSSR count). The van der Waals surface area contributed by atoms with Crippen LogP contribution in [0.25, 0.3) is 0 Å². The summed E-state index contributed by atoms with van der Waals surface area (Å²) in [6.45, 7) is 0.620. The van der Waals surface area contributed by atoms with Crippen molar-refractivity contribution >= 4 is 11.9 Å². The third-order valence-electron chi connectivity index (χ3n) is 4.92. The van der Waals surface area contributed by atoms with Gasteiger partial charge in [0, 0.05) is 0 Å². The molecule has 0 saturated heterocycles. The van der Waals surface area contributed by atoms with Gasteiger partial charge in [0.15, 0.2) is 0 Å². The van der Waals surface area contributed by atoms with Crippen molar-refractivity contribution in [2.45, 2.75) is 56.6 Å². The Bertz CT molecular complexity index is 592. The number of carboxylic acids is 1. The molecule has 1 aromatic carbocycles. The highest BCUT2D eigenvalue weighted by molar-refractivity contribution is 5.79. The first-order valence-corrected chi connectivity index (χ1v) is 8.30. The fraction of sp³-hybridized carbons (Fsp3) is 0.556. The van der Waals surface area contributed by atoms with Crippen LogP contribution in [0.5, 0.6) is 0 Å². The highest BCUT2D eigenvalue weighted by Crippen LogP contribution is 2.34. The lowest BCUT2D eigenvalue weighted by Gasteiger charge is -2.31. The Morgan fingerprint density at radius 1 is 1.26 bits per heavy atom. The number of carbonyl (C=O) groups is 2. The second-order valence-electron chi connectivity index (χ2n) is 6.62. The van der Waals surface area contributed by atoms with Crippen molar-refractivity contribution in [3.8, 4) is 0 Å². The van der Waals surface area contributed by atoms with E-state index in [9.17, 15) is 9.59 Å². The number of carboxylic acid groups (broad SMARTS) is 1. The van der Waals surface area contributed by atoms with E-state index in [0.717, 1.165) is 37.7 Å². The summed E-state index contributed by atoms with van der Waals surface area (Å²) < 4.78 is 5.78. The number of aliphatic carboxylic acids is 1. The highest BCUT2D eigenvalue weighted by atomic mass is 16.5. The van der Waals surface area contributed by atoms with E-state index in [1.165, 1.54) is 5.56 Å². The molecule has 1 aliphatic heterocycles. The molecule has 2 N–H and O–H groups in total. The molecule has 1 unspecified atom stereocenters. The quantitative estimate of drug-likeness (QED) is 0.875. The highest BCUT2D eigenvalue weighted by Gasteiger charge is 2.38. The summed E-state index contributed by atoms with van der Waals surface area (Å²) in [5.74, 6) is -0.971. The molecule has 0 radical (unpaired) electrons. The van der Waals surface area contributed by atoms with E-state index in [1.807, 2.05) is 18.2 Å². The normalized spacial score (nSPS) is 22.3. The molecule has 124 valence electrons. The Kier molecular flexibility index (Phi) is 4.66. The summed E-state index contributed by atoms with van der Waals surface area (Å²) in [6.07, 6.45) is 4.31. The van der Waals surface area contributed by atoms with Crippen LogP contribution >= 0.6 is 0 Å². The van der Waals surface area contributed by atoms with Crippen LogP contribution in [0.4, 0.5) is 0 Å². The molecule has 1 aromatic rings. The van der Waals surface area contributed by atoms with Gasteiger partial charge >= 0.3 is 5.97 Å². The smallest absolute Gasteiger partial charge is 0.305 e. The summed E-state index contributed by atoms with van der Waals surface area (Å²) in [5, 5.41) is 12.1. The van der Waals surface area contributed by atoms with E-state index in [0.29, 0.717) is 6.61 Å². The predicted octanol–water partition coefficient (Wildman–Crippen LogP) is 2.59. The van der Waals surface area contributed by atoms with Crippen LogP contribution in [-0.4, -0.2) is 29.1 Å². The summed E-state index contributed by atoms with van der Waals surface area (Å²) in [4.78, 5) is 23.6. The zero-order valence-corrected chi connectivity index (χ0v) is 13.2. The average molecular weight is 317 g/mol. The Balaban J connectivity index is 1.67. The Labute approximate surface area is 136 Å². The first kappa shape index (κ1) is 16.0. The molecular weight excluding hydrogens is 294 g/mol. The maximum Gasteiger partial charge on any atom is 0.305 e. The van der Waals surface area contributed by atoms with Crippen molar-refractivity contribution in [3.63, 3.8) is 0 Å². The van der Waals surface area contributed by atoms with Crippen LogP contribution in [0.3, 0.4) is 0 Å². The first-order valence-electron chi connectivity index (χ1n) is 8.30. The molecule has 5 nitrogen and oxygen atoms in total. The van der Waals surface area contributed by atoms with Gasteiger partial charge in [-0.05, 0) is 30.4 Å². The number of hydrogen-bond acceptors (Lipinski definition) is 3. The average Bonchev–Trinajstić information content (AvgIpc) is 2.94. The fourth-order valence-electron chi connectivity index (χ4n) is 3.85. The number of hydrogen-bond donors (Lipinski definition) is 2. The lowest BCUT2D eigenvalue weighted by molar-refractivity contribution is -0.139. The van der Waals surface area contributed by atoms with Gasteiger partial charge in [-0.15, -0.1) is 0 Å². The largest absolute Gasteiger partial charge is 0.481 e. The van der Waals surface area contributed by atoms with Gasteiger partial charge < -0.3 is 15.2 Å². The Morgan fingerprint density at radius 2 is 2.00 bits per heavy atom. The van der Waals surface area contributed by atoms with Crippen LogP contribution in [-0.2, 0) is 20.7 Å². The molecule has 0 aromatic heterocycles. The maximum absolute atomic E-state index is 12.5. The SMILES string of the molecule is O=C(O)CC1(NC(=O)CC2OCCc3ccccc32)CCCC1. The van der Waals surface area contributed by atoms with E-state index < -0.39 is 11.5 Å². The first-order chi connectivity index (χ1) is 11.1. The molecule has 0 bridgehead atoms. The van der Waals surface area contributed by atoms with E-state index in [-0.39, 0.29) is 24.9 Å². The fourth-order valence-corrected chi connectivity index (χ4v) is 3.85. The number of benzene rings is 1. The van der Waals surface area contributed by atoms with Gasteiger partial charge in [-0.25, -0.2) is 0 Å². The van der Waals surface area contributed by atoms with Gasteiger partial charge in [0.25, 0.3) is 0 Å². The predicted molar refractivity (Wildman–Crippen MR) is 85.1 cm³/mol. The van der Waals surface area contributed by atoms with Gasteiger partial charge in [0.1, 0.15) is 0 Å². The number of fused-ring (bicyclic) bond motifs is 1. The molecule has 1 atom stereocenters. The summed E-state index contributed by atoms with van der Waals surface area (Å²) >= 11 is 0. The zero-order chi connectivity index (χ0) is 16.3. The molecule has 1 heterocycles. The molecule has 1 fully saturated rings. The van der Waals surface area contributed by atoms with Crippen LogP contribution in [0.2, 0.25) is 0 Å². The lowest BCUT2D eigenvalue weighted by Crippen LogP contribution is -2.48. The minimum atomic E-state index is -0.855. The standard InChI is InChI=1S/C18H23NO4/c20-16(19-18(12-17(21)22)8-3-4-9-18)11-15-14-6-2-1-5-13(14)7-10-23-15/h1-2,5-6,15H,3-4,7-12H2,(H,19,20)(H,21,22). The van der Waals surface area contributed by atoms with E-state index in [4.69, 9.17) is 9.84 Å². The Morgan fingerprint density at radius 3 is 2.74 bits per heavy atom. The van der Waals surface area contributed by atoms with Gasteiger partial charge in [-0.2, -0.15) is 0 Å². The third kappa shape index (κ3) is 3.72. The molecule has 5 heteroatoms. The minimum absolute atomic E-state index is 0.000844. The van der Waals surface area contributed by atoms with Crippen molar-refractivity contribution in [1.29, 1.82) is 0 Å². The summed E-state index contributed by atoms with van der Waals surface area (Å²) in [6, 6.07) is 8.05. The molecule has 1 saturated carbocycles. The lowest BCUT2D eigenvalue weighted by atomic mass is 9.91. The van der Waals surface area contributed by atoms with Crippen LogP contribution < -0.4 is 5.32 Å².